The molecule has 1 N–H and O–H groups in total. The van der Waals surface area contributed by atoms with Gasteiger partial charge in [-0.05, 0) is 25.0 Å². The summed E-state index contributed by atoms with van der Waals surface area (Å²) in [4.78, 5) is 23.3. The molecule has 2 aromatic heterocycles. The van der Waals surface area contributed by atoms with E-state index in [1.807, 2.05) is 26.0 Å². The van der Waals surface area contributed by atoms with Gasteiger partial charge < -0.3 is 14.7 Å². The molecule has 25 heavy (non-hydrogen) atoms. The number of anilines is 1. The molecular formula is C18H25N5O2. The summed E-state index contributed by atoms with van der Waals surface area (Å²) in [5.41, 5.74) is 0.533. The standard InChI is InChI=1S/C18H25N5O2/c1-13(2)18-21-15(22-25-18)12-20-17(24)14-7-8-16(19-11-14)23-9-5-3-4-6-10-23/h7-8,11,13H,3-6,9-10,12H2,1-2H3,(H,20,24). The van der Waals surface area contributed by atoms with Crippen LogP contribution in [0.25, 0.3) is 0 Å². The second-order valence-electron chi connectivity index (χ2n) is 6.69. The third kappa shape index (κ3) is 4.55. The van der Waals surface area contributed by atoms with Gasteiger partial charge >= 0.3 is 0 Å². The maximum atomic E-state index is 12.3. The summed E-state index contributed by atoms with van der Waals surface area (Å²) in [6.07, 6.45) is 6.60. The molecule has 0 atom stereocenters. The zero-order chi connectivity index (χ0) is 17.6. The van der Waals surface area contributed by atoms with Crippen molar-refractivity contribution in [2.24, 2.45) is 0 Å². The Labute approximate surface area is 147 Å². The number of carbonyl (C=O) groups is 1. The zero-order valence-electron chi connectivity index (χ0n) is 14.9. The number of nitrogens with zero attached hydrogens (tertiary/aromatic N) is 4. The van der Waals surface area contributed by atoms with Gasteiger partial charge in [0.25, 0.3) is 5.91 Å². The molecule has 7 heteroatoms. The van der Waals surface area contributed by atoms with Crippen molar-refractivity contribution in [3.63, 3.8) is 0 Å². The van der Waals surface area contributed by atoms with Crippen LogP contribution in [0, 0.1) is 0 Å². The van der Waals surface area contributed by atoms with Crippen molar-refractivity contribution in [3.8, 4) is 0 Å². The van der Waals surface area contributed by atoms with Crippen LogP contribution >= 0.6 is 0 Å². The number of pyridine rings is 1. The average Bonchev–Trinajstić information content (AvgIpc) is 2.94. The summed E-state index contributed by atoms with van der Waals surface area (Å²) in [7, 11) is 0. The van der Waals surface area contributed by atoms with Gasteiger partial charge in [0.15, 0.2) is 5.82 Å². The normalized spacial score (nSPS) is 15.2. The van der Waals surface area contributed by atoms with E-state index < -0.39 is 0 Å². The smallest absolute Gasteiger partial charge is 0.253 e. The molecule has 0 aromatic carbocycles. The third-order valence-electron chi connectivity index (χ3n) is 4.32. The van der Waals surface area contributed by atoms with Gasteiger partial charge in [-0.1, -0.05) is 31.8 Å². The Morgan fingerprint density at radius 1 is 1.24 bits per heavy atom. The second-order valence-corrected chi connectivity index (χ2v) is 6.69. The molecule has 1 amide bonds. The second kappa shape index (κ2) is 8.09. The largest absolute Gasteiger partial charge is 0.357 e. The molecule has 0 spiro atoms. The van der Waals surface area contributed by atoms with Gasteiger partial charge in [-0.15, -0.1) is 0 Å². The highest BCUT2D eigenvalue weighted by Crippen LogP contribution is 2.17. The van der Waals surface area contributed by atoms with E-state index in [9.17, 15) is 4.79 Å². The lowest BCUT2D eigenvalue weighted by Crippen LogP contribution is -2.26. The van der Waals surface area contributed by atoms with E-state index in [0.29, 0.717) is 17.3 Å². The maximum Gasteiger partial charge on any atom is 0.253 e. The Bertz CT molecular complexity index is 688. The monoisotopic (exact) mass is 343 g/mol. The van der Waals surface area contributed by atoms with Gasteiger partial charge in [-0.2, -0.15) is 4.98 Å². The van der Waals surface area contributed by atoms with Crippen molar-refractivity contribution < 1.29 is 9.32 Å². The van der Waals surface area contributed by atoms with Gasteiger partial charge in [0.1, 0.15) is 5.82 Å². The summed E-state index contributed by atoms with van der Waals surface area (Å²) >= 11 is 0. The number of hydrogen-bond acceptors (Lipinski definition) is 6. The Morgan fingerprint density at radius 2 is 2.00 bits per heavy atom. The van der Waals surface area contributed by atoms with E-state index >= 15 is 0 Å². The Morgan fingerprint density at radius 3 is 2.60 bits per heavy atom. The van der Waals surface area contributed by atoms with E-state index in [-0.39, 0.29) is 18.4 Å². The highest BCUT2D eigenvalue weighted by atomic mass is 16.5. The maximum absolute atomic E-state index is 12.3. The van der Waals surface area contributed by atoms with E-state index in [4.69, 9.17) is 4.52 Å². The minimum atomic E-state index is -0.189. The van der Waals surface area contributed by atoms with Gasteiger partial charge in [0.05, 0.1) is 12.1 Å². The fourth-order valence-electron chi connectivity index (χ4n) is 2.84. The molecule has 0 radical (unpaired) electrons. The molecular weight excluding hydrogens is 318 g/mol. The van der Waals surface area contributed by atoms with E-state index in [2.05, 4.69) is 25.3 Å². The molecule has 7 nitrogen and oxygen atoms in total. The molecule has 134 valence electrons. The Kier molecular flexibility index (Phi) is 5.63. The average molecular weight is 343 g/mol. The lowest BCUT2D eigenvalue weighted by Gasteiger charge is -2.21. The van der Waals surface area contributed by atoms with Crippen LogP contribution in [0.1, 0.15) is 67.5 Å². The molecule has 3 rings (SSSR count). The van der Waals surface area contributed by atoms with Crippen LogP contribution in [-0.2, 0) is 6.54 Å². The first kappa shape index (κ1) is 17.4. The van der Waals surface area contributed by atoms with Crippen molar-refractivity contribution in [2.75, 3.05) is 18.0 Å². The number of aromatic nitrogens is 3. The quantitative estimate of drug-likeness (QED) is 0.898. The molecule has 1 saturated heterocycles. The summed E-state index contributed by atoms with van der Waals surface area (Å²) in [5.74, 6) is 1.98. The molecule has 1 aliphatic rings. The van der Waals surface area contributed by atoms with Gasteiger partial charge in [0.2, 0.25) is 5.89 Å². The van der Waals surface area contributed by atoms with Gasteiger partial charge in [-0.3, -0.25) is 4.79 Å². The fraction of sp³-hybridized carbons (Fsp3) is 0.556. The first-order chi connectivity index (χ1) is 12.1. The summed E-state index contributed by atoms with van der Waals surface area (Å²) in [6.45, 7) is 6.27. The van der Waals surface area contributed by atoms with Crippen molar-refractivity contribution in [3.05, 3.63) is 35.6 Å². The zero-order valence-corrected chi connectivity index (χ0v) is 14.9. The number of carbonyl (C=O) groups excluding carboxylic acids is 1. The predicted molar refractivity (Wildman–Crippen MR) is 94.5 cm³/mol. The summed E-state index contributed by atoms with van der Waals surface area (Å²) < 4.78 is 5.13. The fourth-order valence-corrected chi connectivity index (χ4v) is 2.84. The van der Waals surface area contributed by atoms with Crippen molar-refractivity contribution in [1.82, 2.24) is 20.4 Å². The molecule has 1 fully saturated rings. The predicted octanol–water partition coefficient (Wildman–Crippen LogP) is 2.90. The summed E-state index contributed by atoms with van der Waals surface area (Å²) in [5, 5.41) is 6.66. The number of nitrogens with one attached hydrogen (secondary N) is 1. The number of hydrogen-bond donors (Lipinski definition) is 1. The van der Waals surface area contributed by atoms with Crippen LogP contribution in [0.15, 0.2) is 22.9 Å². The number of amides is 1. The van der Waals surface area contributed by atoms with E-state index in [0.717, 1.165) is 18.9 Å². The molecule has 1 aliphatic heterocycles. The minimum Gasteiger partial charge on any atom is -0.357 e. The van der Waals surface area contributed by atoms with Crippen LogP contribution in [0.3, 0.4) is 0 Å². The molecule has 0 aliphatic carbocycles. The van der Waals surface area contributed by atoms with Crippen LogP contribution in [0.4, 0.5) is 5.82 Å². The number of rotatable bonds is 5. The third-order valence-corrected chi connectivity index (χ3v) is 4.32. The first-order valence-electron chi connectivity index (χ1n) is 8.95. The molecule has 0 unspecified atom stereocenters. The lowest BCUT2D eigenvalue weighted by atomic mass is 10.2. The molecule has 3 heterocycles. The van der Waals surface area contributed by atoms with Crippen molar-refractivity contribution in [1.29, 1.82) is 0 Å². The van der Waals surface area contributed by atoms with Gasteiger partial charge in [0, 0.05) is 25.2 Å². The lowest BCUT2D eigenvalue weighted by molar-refractivity contribution is 0.0949. The van der Waals surface area contributed by atoms with Crippen molar-refractivity contribution in [2.45, 2.75) is 52.0 Å². The topological polar surface area (TPSA) is 84.2 Å². The Balaban J connectivity index is 1.56. The van der Waals surface area contributed by atoms with E-state index in [1.165, 1.54) is 25.7 Å². The summed E-state index contributed by atoms with van der Waals surface area (Å²) in [6, 6.07) is 3.74. The highest BCUT2D eigenvalue weighted by Gasteiger charge is 2.14. The van der Waals surface area contributed by atoms with Crippen LogP contribution < -0.4 is 10.2 Å². The SMILES string of the molecule is CC(C)c1nc(CNC(=O)c2ccc(N3CCCCCC3)nc2)no1. The van der Waals surface area contributed by atoms with Crippen LogP contribution in [0.2, 0.25) is 0 Å². The highest BCUT2D eigenvalue weighted by molar-refractivity contribution is 5.93. The van der Waals surface area contributed by atoms with E-state index in [1.54, 1.807) is 6.20 Å². The molecule has 0 saturated carbocycles. The minimum absolute atomic E-state index is 0.174. The Hall–Kier alpha value is -2.44. The molecule has 2 aromatic rings. The first-order valence-corrected chi connectivity index (χ1v) is 8.95. The van der Waals surface area contributed by atoms with Gasteiger partial charge in [-0.25, -0.2) is 4.98 Å². The van der Waals surface area contributed by atoms with Crippen LogP contribution in [0.5, 0.6) is 0 Å². The van der Waals surface area contributed by atoms with Crippen LogP contribution in [-0.4, -0.2) is 34.1 Å². The molecule has 0 bridgehead atoms. The van der Waals surface area contributed by atoms with Crippen molar-refractivity contribution >= 4 is 11.7 Å².